The van der Waals surface area contributed by atoms with E-state index in [0.717, 1.165) is 41.5 Å². The quantitative estimate of drug-likeness (QED) is 0.698. The van der Waals surface area contributed by atoms with Crippen LogP contribution in [-0.4, -0.2) is 36.0 Å². The number of amides is 1. The van der Waals surface area contributed by atoms with Gasteiger partial charge in [0.25, 0.3) is 5.91 Å². The summed E-state index contributed by atoms with van der Waals surface area (Å²) in [5.74, 6) is 0.158. The van der Waals surface area contributed by atoms with E-state index in [1.165, 1.54) is 0 Å². The SMILES string of the molecule is Cl.O=C(c1ccc(Cl)c(I)c1)N1C2CCNCC1CC2. The van der Waals surface area contributed by atoms with Crippen LogP contribution >= 0.6 is 46.6 Å². The summed E-state index contributed by atoms with van der Waals surface area (Å²) >= 11 is 8.20. The molecule has 1 aromatic carbocycles. The van der Waals surface area contributed by atoms with Crippen molar-refractivity contribution in [2.45, 2.75) is 31.3 Å². The van der Waals surface area contributed by atoms with Crippen LogP contribution in [0.5, 0.6) is 0 Å². The topological polar surface area (TPSA) is 32.3 Å². The zero-order valence-electron chi connectivity index (χ0n) is 10.9. The van der Waals surface area contributed by atoms with Crippen molar-refractivity contribution in [1.82, 2.24) is 10.2 Å². The number of carbonyl (C=O) groups is 1. The third-order valence-corrected chi connectivity index (χ3v) is 5.60. The van der Waals surface area contributed by atoms with Gasteiger partial charge in [-0.25, -0.2) is 0 Å². The van der Waals surface area contributed by atoms with E-state index in [2.05, 4.69) is 32.8 Å². The molecule has 2 aliphatic rings. The number of rotatable bonds is 1. The number of hydrogen-bond acceptors (Lipinski definition) is 2. The lowest BCUT2D eigenvalue weighted by molar-refractivity contribution is 0.0680. The Morgan fingerprint density at radius 3 is 2.80 bits per heavy atom. The minimum atomic E-state index is 0. The van der Waals surface area contributed by atoms with E-state index >= 15 is 0 Å². The summed E-state index contributed by atoms with van der Waals surface area (Å²) in [5.41, 5.74) is 0.757. The first-order valence-electron chi connectivity index (χ1n) is 6.65. The van der Waals surface area contributed by atoms with Crippen LogP contribution < -0.4 is 5.32 Å². The van der Waals surface area contributed by atoms with E-state index in [0.29, 0.717) is 17.1 Å². The molecule has 1 N–H and O–H groups in total. The number of halogens is 3. The van der Waals surface area contributed by atoms with Gasteiger partial charge in [0, 0.05) is 27.8 Å². The summed E-state index contributed by atoms with van der Waals surface area (Å²) in [5, 5.41) is 4.13. The molecule has 2 unspecified atom stereocenters. The molecular formula is C14H17Cl2IN2O. The highest BCUT2D eigenvalue weighted by molar-refractivity contribution is 14.1. The van der Waals surface area contributed by atoms with Crippen molar-refractivity contribution < 1.29 is 4.79 Å². The van der Waals surface area contributed by atoms with Crippen LogP contribution in [0.25, 0.3) is 0 Å². The first-order valence-corrected chi connectivity index (χ1v) is 8.11. The zero-order valence-corrected chi connectivity index (χ0v) is 14.7. The van der Waals surface area contributed by atoms with Crippen LogP contribution in [0.2, 0.25) is 5.02 Å². The third-order valence-electron chi connectivity index (χ3n) is 4.06. The van der Waals surface area contributed by atoms with Gasteiger partial charge in [0.05, 0.1) is 5.02 Å². The maximum Gasteiger partial charge on any atom is 0.254 e. The molecule has 1 amide bonds. The fourth-order valence-electron chi connectivity index (χ4n) is 3.09. The van der Waals surface area contributed by atoms with Crippen LogP contribution in [0.15, 0.2) is 18.2 Å². The first kappa shape index (κ1) is 16.3. The Morgan fingerprint density at radius 1 is 1.30 bits per heavy atom. The van der Waals surface area contributed by atoms with Gasteiger partial charge >= 0.3 is 0 Å². The Kier molecular flexibility index (Phi) is 5.56. The van der Waals surface area contributed by atoms with Crippen molar-refractivity contribution in [3.63, 3.8) is 0 Å². The third kappa shape index (κ3) is 3.08. The van der Waals surface area contributed by atoms with E-state index in [9.17, 15) is 4.79 Å². The number of carbonyl (C=O) groups excluding carboxylic acids is 1. The van der Waals surface area contributed by atoms with Crippen molar-refractivity contribution in [2.75, 3.05) is 13.1 Å². The first-order chi connectivity index (χ1) is 9.16. The van der Waals surface area contributed by atoms with E-state index in [4.69, 9.17) is 11.6 Å². The van der Waals surface area contributed by atoms with Gasteiger partial charge in [0.2, 0.25) is 0 Å². The molecule has 0 aromatic heterocycles. The molecule has 3 rings (SSSR count). The van der Waals surface area contributed by atoms with E-state index in [1.54, 1.807) is 0 Å². The maximum atomic E-state index is 12.7. The fraction of sp³-hybridized carbons (Fsp3) is 0.500. The standard InChI is InChI=1S/C14H16ClIN2O.ClH/c15-12-4-1-9(7-13(12)16)14(19)18-10-2-3-11(18)8-17-6-5-10;/h1,4,7,10-11,17H,2-3,5-6,8H2;1H. The highest BCUT2D eigenvalue weighted by Gasteiger charge is 2.38. The summed E-state index contributed by atoms with van der Waals surface area (Å²) in [6.07, 6.45) is 3.32. The number of fused-ring (bicyclic) bond motifs is 2. The molecule has 1 aromatic rings. The monoisotopic (exact) mass is 426 g/mol. The van der Waals surface area contributed by atoms with E-state index in [-0.39, 0.29) is 18.3 Å². The molecule has 0 radical (unpaired) electrons. The fourth-order valence-corrected chi connectivity index (χ4v) is 3.72. The Hall–Kier alpha value is -0.0400. The van der Waals surface area contributed by atoms with E-state index < -0.39 is 0 Å². The lowest BCUT2D eigenvalue weighted by atomic mass is 10.1. The molecule has 0 saturated carbocycles. The number of nitrogens with zero attached hydrogens (tertiary/aromatic N) is 1. The molecule has 0 aliphatic carbocycles. The van der Waals surface area contributed by atoms with Gasteiger partial charge in [-0.1, -0.05) is 11.6 Å². The van der Waals surface area contributed by atoms with Gasteiger partial charge in [-0.15, -0.1) is 12.4 Å². The van der Waals surface area contributed by atoms with Crippen LogP contribution in [0, 0.1) is 3.57 Å². The molecular weight excluding hydrogens is 410 g/mol. The number of nitrogens with one attached hydrogen (secondary N) is 1. The average molecular weight is 427 g/mol. The molecule has 0 spiro atoms. The maximum absolute atomic E-state index is 12.7. The van der Waals surface area contributed by atoms with Crippen LogP contribution in [0.4, 0.5) is 0 Å². The van der Waals surface area contributed by atoms with Gasteiger partial charge in [-0.3, -0.25) is 4.79 Å². The van der Waals surface area contributed by atoms with Crippen molar-refractivity contribution >= 4 is 52.5 Å². The van der Waals surface area contributed by atoms with Crippen molar-refractivity contribution in [2.24, 2.45) is 0 Å². The molecule has 2 saturated heterocycles. The molecule has 2 heterocycles. The summed E-state index contributed by atoms with van der Waals surface area (Å²) in [6, 6.07) is 6.30. The van der Waals surface area contributed by atoms with Crippen LogP contribution in [-0.2, 0) is 0 Å². The minimum Gasteiger partial charge on any atom is -0.331 e. The largest absolute Gasteiger partial charge is 0.331 e. The molecule has 20 heavy (non-hydrogen) atoms. The Labute approximate surface area is 144 Å². The Balaban J connectivity index is 0.00000147. The lowest BCUT2D eigenvalue weighted by Gasteiger charge is -2.28. The normalized spacial score (nSPS) is 25.0. The summed E-state index contributed by atoms with van der Waals surface area (Å²) in [7, 11) is 0. The molecule has 3 nitrogen and oxygen atoms in total. The average Bonchev–Trinajstić information content (AvgIpc) is 2.65. The van der Waals surface area contributed by atoms with Crippen LogP contribution in [0.3, 0.4) is 0 Å². The predicted molar refractivity (Wildman–Crippen MR) is 91.9 cm³/mol. The smallest absolute Gasteiger partial charge is 0.254 e. The van der Waals surface area contributed by atoms with Crippen molar-refractivity contribution in [1.29, 1.82) is 0 Å². The molecule has 2 atom stereocenters. The molecule has 2 aliphatic heterocycles. The number of benzene rings is 1. The van der Waals surface area contributed by atoms with Gasteiger partial charge in [0.1, 0.15) is 0 Å². The highest BCUT2D eigenvalue weighted by Crippen LogP contribution is 2.30. The second kappa shape index (κ2) is 6.81. The van der Waals surface area contributed by atoms with Gasteiger partial charge in [-0.2, -0.15) is 0 Å². The molecule has 2 bridgehead atoms. The molecule has 110 valence electrons. The highest BCUT2D eigenvalue weighted by atomic mass is 127. The van der Waals surface area contributed by atoms with Crippen molar-refractivity contribution in [3.05, 3.63) is 32.4 Å². The number of hydrogen-bond donors (Lipinski definition) is 1. The van der Waals surface area contributed by atoms with E-state index in [1.807, 2.05) is 18.2 Å². The van der Waals surface area contributed by atoms with Crippen molar-refractivity contribution in [3.8, 4) is 0 Å². The molecule has 2 fully saturated rings. The van der Waals surface area contributed by atoms with Gasteiger partial charge < -0.3 is 10.2 Å². The van der Waals surface area contributed by atoms with Gasteiger partial charge in [0.15, 0.2) is 0 Å². The summed E-state index contributed by atoms with van der Waals surface area (Å²) in [6.45, 7) is 1.94. The zero-order chi connectivity index (χ0) is 13.4. The Morgan fingerprint density at radius 2 is 2.05 bits per heavy atom. The minimum absolute atomic E-state index is 0. The summed E-state index contributed by atoms with van der Waals surface area (Å²) in [4.78, 5) is 14.8. The second-order valence-corrected chi connectivity index (χ2v) is 6.79. The summed E-state index contributed by atoms with van der Waals surface area (Å²) < 4.78 is 0.936. The predicted octanol–water partition coefficient (Wildman–Crippen LogP) is 3.33. The Bertz CT molecular complexity index is 498. The lowest BCUT2D eigenvalue weighted by Crippen LogP contribution is -2.42. The van der Waals surface area contributed by atoms with Crippen LogP contribution in [0.1, 0.15) is 29.6 Å². The van der Waals surface area contributed by atoms with Gasteiger partial charge in [-0.05, 0) is 66.6 Å². The second-order valence-electron chi connectivity index (χ2n) is 5.22. The molecule has 6 heteroatoms.